The van der Waals surface area contributed by atoms with E-state index in [9.17, 15) is 40.9 Å². The first-order valence-corrected chi connectivity index (χ1v) is 18.4. The first kappa shape index (κ1) is 33.6. The predicted octanol–water partition coefficient (Wildman–Crippen LogP) is 3.23. The van der Waals surface area contributed by atoms with Crippen molar-refractivity contribution in [3.8, 4) is 0 Å². The quantitative estimate of drug-likeness (QED) is 0.187. The van der Waals surface area contributed by atoms with Crippen molar-refractivity contribution in [3.63, 3.8) is 0 Å². The van der Waals surface area contributed by atoms with Crippen LogP contribution in [0.2, 0.25) is 0 Å². The summed E-state index contributed by atoms with van der Waals surface area (Å²) in [7, 11) is 0. The highest BCUT2D eigenvalue weighted by atomic mass is 16.3. The van der Waals surface area contributed by atoms with Gasteiger partial charge in [0.15, 0.2) is 0 Å². The van der Waals surface area contributed by atoms with Crippen LogP contribution < -0.4 is 0 Å². The van der Waals surface area contributed by atoms with Crippen molar-refractivity contribution in [1.82, 2.24) is 0 Å². The van der Waals surface area contributed by atoms with Crippen LogP contribution in [0.25, 0.3) is 0 Å². The van der Waals surface area contributed by atoms with E-state index in [-0.39, 0.29) is 39.6 Å². The maximum absolute atomic E-state index is 10.9. The second-order valence-electron chi connectivity index (χ2n) is 18.2. The van der Waals surface area contributed by atoms with Crippen LogP contribution in [-0.2, 0) is 0 Å². The summed E-state index contributed by atoms with van der Waals surface area (Å²) >= 11 is 0. The standard InChI is InChI=1S/2C19H30O4/c1-18-5-3-11(20)7-10(18)8-14(21)16-12(18)4-6-19(2)13(16)9-15(22)17(19)23;1-18-6-5-12-11(13(18)8-15(21)17(18)23)4-3-10-7-14(20)16(22)9-19(10,12)2/h8,11-17,20-23H,3-7,9H2,1-2H3;3,11-17,20-23H,4-9H2,1-2H3/t11-,12-,13-,14-,15+,16+,17-,18-,19-;11-,12+,13+,14-,15-,16-,17+,18+,19+/m01/s1. The van der Waals surface area contributed by atoms with Crippen LogP contribution in [0.5, 0.6) is 0 Å². The summed E-state index contributed by atoms with van der Waals surface area (Å²) in [5, 5.41) is 82.5. The third-order valence-electron chi connectivity index (χ3n) is 16.2. The zero-order valence-corrected chi connectivity index (χ0v) is 28.3. The maximum Gasteiger partial charge on any atom is 0.0855 e. The Labute approximate surface area is 274 Å². The molecular weight excluding hydrogens is 584 g/mol. The average Bonchev–Trinajstić information content (AvgIpc) is 3.38. The molecule has 8 rings (SSSR count). The van der Waals surface area contributed by atoms with Gasteiger partial charge in [0, 0.05) is 0 Å². The number of hydrogen-bond acceptors (Lipinski definition) is 8. The van der Waals surface area contributed by atoms with Gasteiger partial charge < -0.3 is 40.9 Å². The van der Waals surface area contributed by atoms with Crippen molar-refractivity contribution in [3.05, 3.63) is 23.3 Å². The molecule has 0 aliphatic heterocycles. The predicted molar refractivity (Wildman–Crippen MR) is 173 cm³/mol. The van der Waals surface area contributed by atoms with Gasteiger partial charge in [-0.3, -0.25) is 0 Å². The molecular formula is C38H60O8. The zero-order valence-electron chi connectivity index (χ0n) is 28.3. The molecule has 6 saturated carbocycles. The third-order valence-corrected chi connectivity index (χ3v) is 16.2. The molecule has 0 saturated heterocycles. The molecule has 8 nitrogen and oxygen atoms in total. The second-order valence-corrected chi connectivity index (χ2v) is 18.2. The lowest BCUT2D eigenvalue weighted by Gasteiger charge is -2.58. The number of hydrogen-bond donors (Lipinski definition) is 8. The Balaban J connectivity index is 0.000000147. The van der Waals surface area contributed by atoms with Gasteiger partial charge in [0.1, 0.15) is 0 Å². The highest BCUT2D eigenvalue weighted by molar-refractivity contribution is 5.29. The fourth-order valence-electron chi connectivity index (χ4n) is 13.3. The van der Waals surface area contributed by atoms with E-state index in [1.165, 1.54) is 11.1 Å². The van der Waals surface area contributed by atoms with Crippen molar-refractivity contribution < 1.29 is 40.9 Å². The lowest BCUT2D eigenvalue weighted by atomic mass is 9.47. The molecule has 8 heteroatoms. The Bertz CT molecular complexity index is 1250. The SMILES string of the molecule is C[C@]12CC[C@H]3[C@@H](CC=C4C[C@@H](O)[C@H](O)C[C@@]43C)[C@@H]1C[C@@H](O)[C@@H]2O.C[C@]12CC[C@H]3[C@@H]([C@@H](O)C=C4C[C@@H](O)CC[C@@]43C)[C@@H]1C[C@@H](O)[C@@H]2O. The molecule has 0 aromatic heterocycles. The fraction of sp³-hybridized carbons (Fsp3) is 0.895. The van der Waals surface area contributed by atoms with Crippen LogP contribution in [0, 0.1) is 57.2 Å². The highest BCUT2D eigenvalue weighted by Crippen LogP contribution is 2.66. The molecule has 0 aromatic rings. The van der Waals surface area contributed by atoms with E-state index in [1.807, 2.05) is 6.08 Å². The lowest BCUT2D eigenvalue weighted by molar-refractivity contribution is -0.110. The summed E-state index contributed by atoms with van der Waals surface area (Å²) in [6.07, 6.45) is 9.56. The van der Waals surface area contributed by atoms with Crippen molar-refractivity contribution in [2.75, 3.05) is 0 Å². The smallest absolute Gasteiger partial charge is 0.0855 e. The molecule has 8 N–H and O–H groups in total. The van der Waals surface area contributed by atoms with Gasteiger partial charge in [-0.15, -0.1) is 0 Å². The van der Waals surface area contributed by atoms with Crippen LogP contribution in [-0.4, -0.2) is 89.7 Å². The monoisotopic (exact) mass is 644 g/mol. The van der Waals surface area contributed by atoms with Crippen LogP contribution in [0.3, 0.4) is 0 Å². The van der Waals surface area contributed by atoms with E-state index in [0.29, 0.717) is 55.8 Å². The normalized spacial score (nSPS) is 58.9. The minimum absolute atomic E-state index is 0.0403. The molecule has 0 heterocycles. The highest BCUT2D eigenvalue weighted by Gasteiger charge is 2.63. The molecule has 0 amide bonds. The van der Waals surface area contributed by atoms with Gasteiger partial charge in [-0.1, -0.05) is 51.0 Å². The second kappa shape index (κ2) is 11.3. The number of allylic oxidation sites excluding steroid dienone is 1. The largest absolute Gasteiger partial charge is 0.393 e. The van der Waals surface area contributed by atoms with Crippen molar-refractivity contribution >= 4 is 0 Å². The first-order chi connectivity index (χ1) is 21.5. The molecule has 8 aliphatic carbocycles. The summed E-state index contributed by atoms with van der Waals surface area (Å²) in [6.45, 7) is 8.80. The third kappa shape index (κ3) is 4.74. The number of aliphatic hydroxyl groups excluding tert-OH is 8. The van der Waals surface area contributed by atoms with Crippen LogP contribution in [0.15, 0.2) is 23.3 Å². The Morgan fingerprint density at radius 1 is 0.587 bits per heavy atom. The number of aliphatic hydroxyl groups is 8. The average molecular weight is 645 g/mol. The Kier molecular flexibility index (Phi) is 8.30. The minimum Gasteiger partial charge on any atom is -0.393 e. The van der Waals surface area contributed by atoms with Gasteiger partial charge in [-0.25, -0.2) is 0 Å². The molecule has 0 radical (unpaired) electrons. The van der Waals surface area contributed by atoms with E-state index >= 15 is 0 Å². The van der Waals surface area contributed by atoms with E-state index in [0.717, 1.165) is 44.9 Å². The molecule has 0 unspecified atom stereocenters. The van der Waals surface area contributed by atoms with Crippen molar-refractivity contribution in [2.45, 2.75) is 154 Å². The van der Waals surface area contributed by atoms with E-state index in [4.69, 9.17) is 0 Å². The molecule has 18 atom stereocenters. The maximum atomic E-state index is 10.9. The van der Waals surface area contributed by atoms with Gasteiger partial charge in [0.05, 0.1) is 48.8 Å². The van der Waals surface area contributed by atoms with Crippen LogP contribution in [0.4, 0.5) is 0 Å². The summed E-state index contributed by atoms with van der Waals surface area (Å²) in [4.78, 5) is 0. The number of rotatable bonds is 0. The lowest BCUT2D eigenvalue weighted by Crippen LogP contribution is -2.55. The number of fused-ring (bicyclic) bond motifs is 10. The summed E-state index contributed by atoms with van der Waals surface area (Å²) in [5.74, 6) is 1.98. The Hall–Kier alpha value is -0.840. The van der Waals surface area contributed by atoms with Gasteiger partial charge in [-0.05, 0) is 134 Å². The summed E-state index contributed by atoms with van der Waals surface area (Å²) in [5.41, 5.74) is 2.11. The molecule has 260 valence electrons. The molecule has 0 bridgehead atoms. The fourth-order valence-corrected chi connectivity index (χ4v) is 13.3. The molecule has 8 aliphatic rings. The van der Waals surface area contributed by atoms with Crippen LogP contribution in [0.1, 0.15) is 105 Å². The van der Waals surface area contributed by atoms with Gasteiger partial charge in [0.25, 0.3) is 0 Å². The van der Waals surface area contributed by atoms with Crippen LogP contribution >= 0.6 is 0 Å². The van der Waals surface area contributed by atoms with Crippen molar-refractivity contribution in [1.29, 1.82) is 0 Å². The van der Waals surface area contributed by atoms with Gasteiger partial charge >= 0.3 is 0 Å². The summed E-state index contributed by atoms with van der Waals surface area (Å²) < 4.78 is 0. The van der Waals surface area contributed by atoms with Gasteiger partial charge in [0.2, 0.25) is 0 Å². The zero-order chi connectivity index (χ0) is 33.1. The molecule has 0 aromatic carbocycles. The molecule has 6 fully saturated rings. The van der Waals surface area contributed by atoms with E-state index in [1.54, 1.807) is 0 Å². The van der Waals surface area contributed by atoms with Crippen molar-refractivity contribution in [2.24, 2.45) is 57.2 Å². The van der Waals surface area contributed by atoms with E-state index < -0.39 is 42.7 Å². The molecule has 46 heavy (non-hydrogen) atoms. The summed E-state index contributed by atoms with van der Waals surface area (Å²) in [6, 6.07) is 0. The minimum atomic E-state index is -0.674. The topological polar surface area (TPSA) is 162 Å². The first-order valence-electron chi connectivity index (χ1n) is 18.4. The Morgan fingerprint density at radius 3 is 1.87 bits per heavy atom. The molecule has 0 spiro atoms. The van der Waals surface area contributed by atoms with Gasteiger partial charge in [-0.2, -0.15) is 0 Å². The van der Waals surface area contributed by atoms with E-state index in [2.05, 4.69) is 33.8 Å². The Morgan fingerprint density at radius 2 is 1.20 bits per heavy atom.